The Labute approximate surface area is 109 Å². The molecular formula is C14H24O4. The molecular weight excluding hydrogens is 232 g/mol. The van der Waals surface area contributed by atoms with Crippen molar-refractivity contribution < 1.29 is 19.4 Å². The molecule has 0 radical (unpaired) electrons. The largest absolute Gasteiger partial charge is 0.481 e. The highest BCUT2D eigenvalue weighted by atomic mass is 16.6. The quantitative estimate of drug-likeness (QED) is 0.772. The first-order valence-corrected chi connectivity index (χ1v) is 6.38. The predicted molar refractivity (Wildman–Crippen MR) is 68.1 cm³/mol. The Morgan fingerprint density at radius 3 is 2.06 bits per heavy atom. The van der Waals surface area contributed by atoms with E-state index in [-0.39, 0.29) is 5.97 Å². The summed E-state index contributed by atoms with van der Waals surface area (Å²) in [5.74, 6) is -1.61. The lowest BCUT2D eigenvalue weighted by Gasteiger charge is -2.39. The molecule has 1 aliphatic rings. The van der Waals surface area contributed by atoms with E-state index in [1.165, 1.54) is 0 Å². The molecule has 0 saturated heterocycles. The molecule has 0 heterocycles. The van der Waals surface area contributed by atoms with Crippen molar-refractivity contribution in [2.24, 2.45) is 16.7 Å². The van der Waals surface area contributed by atoms with Gasteiger partial charge in [-0.2, -0.15) is 0 Å². The molecule has 0 aromatic heterocycles. The fraction of sp³-hybridized carbons (Fsp3) is 0.857. The zero-order valence-electron chi connectivity index (χ0n) is 12.2. The van der Waals surface area contributed by atoms with E-state index in [0.717, 1.165) is 0 Å². The highest BCUT2D eigenvalue weighted by Crippen LogP contribution is 2.56. The van der Waals surface area contributed by atoms with Gasteiger partial charge in [-0.25, -0.2) is 0 Å². The van der Waals surface area contributed by atoms with E-state index in [1.54, 1.807) is 0 Å². The van der Waals surface area contributed by atoms with Crippen LogP contribution in [-0.2, 0) is 14.3 Å². The summed E-state index contributed by atoms with van der Waals surface area (Å²) in [4.78, 5) is 23.6. The third kappa shape index (κ3) is 2.38. The zero-order chi connectivity index (χ0) is 14.4. The van der Waals surface area contributed by atoms with Crippen molar-refractivity contribution in [1.29, 1.82) is 0 Å². The summed E-state index contributed by atoms with van der Waals surface area (Å²) in [5.41, 5.74) is -1.87. The maximum absolute atomic E-state index is 12.4. The van der Waals surface area contributed by atoms with Gasteiger partial charge in [-0.3, -0.25) is 9.59 Å². The van der Waals surface area contributed by atoms with E-state index in [4.69, 9.17) is 4.74 Å². The minimum atomic E-state index is -0.827. The SMILES string of the molecule is CC(C)(C)OC(=O)[C@@]1(C)CC[C@H](C(=O)O)C1(C)C. The Morgan fingerprint density at radius 1 is 1.22 bits per heavy atom. The van der Waals surface area contributed by atoms with Gasteiger partial charge in [0.05, 0.1) is 11.3 Å². The highest BCUT2D eigenvalue weighted by Gasteiger charge is 2.59. The van der Waals surface area contributed by atoms with Gasteiger partial charge in [0, 0.05) is 0 Å². The topological polar surface area (TPSA) is 63.6 Å². The van der Waals surface area contributed by atoms with Crippen molar-refractivity contribution in [3.05, 3.63) is 0 Å². The molecule has 1 saturated carbocycles. The average Bonchev–Trinajstić information content (AvgIpc) is 2.36. The standard InChI is InChI=1S/C14H24O4/c1-12(2,3)18-11(17)14(6)8-7-9(10(15)16)13(14,4)5/h9H,7-8H2,1-6H3,(H,15,16)/t9-,14-/m1/s1. The fourth-order valence-corrected chi connectivity index (χ4v) is 2.69. The lowest BCUT2D eigenvalue weighted by Crippen LogP contribution is -2.45. The number of rotatable bonds is 2. The number of carboxylic acid groups (broad SMARTS) is 1. The zero-order valence-corrected chi connectivity index (χ0v) is 12.2. The second kappa shape index (κ2) is 4.25. The number of esters is 1. The van der Waals surface area contributed by atoms with Crippen LogP contribution in [0.5, 0.6) is 0 Å². The number of carboxylic acids is 1. The first kappa shape index (κ1) is 15.0. The van der Waals surface area contributed by atoms with Gasteiger partial charge < -0.3 is 9.84 Å². The molecule has 4 heteroatoms. The summed E-state index contributed by atoms with van der Waals surface area (Å²) >= 11 is 0. The molecule has 2 atom stereocenters. The molecule has 104 valence electrons. The predicted octanol–water partition coefficient (Wildman–Crippen LogP) is 2.86. The van der Waals surface area contributed by atoms with Gasteiger partial charge >= 0.3 is 11.9 Å². The molecule has 1 fully saturated rings. The molecule has 1 N–H and O–H groups in total. The molecule has 0 aliphatic heterocycles. The van der Waals surface area contributed by atoms with Gasteiger partial charge in [-0.05, 0) is 46.0 Å². The third-order valence-electron chi connectivity index (χ3n) is 4.37. The Hall–Kier alpha value is -1.06. The van der Waals surface area contributed by atoms with Crippen LogP contribution in [0.15, 0.2) is 0 Å². The fourth-order valence-electron chi connectivity index (χ4n) is 2.69. The van der Waals surface area contributed by atoms with Crippen molar-refractivity contribution in [3.63, 3.8) is 0 Å². The second-order valence-corrected chi connectivity index (χ2v) is 6.99. The molecule has 4 nitrogen and oxygen atoms in total. The number of carbonyl (C=O) groups is 2. The van der Waals surface area contributed by atoms with E-state index in [2.05, 4.69) is 0 Å². The minimum Gasteiger partial charge on any atom is -0.481 e. The van der Waals surface area contributed by atoms with Crippen LogP contribution < -0.4 is 0 Å². The van der Waals surface area contributed by atoms with Crippen LogP contribution in [0.2, 0.25) is 0 Å². The average molecular weight is 256 g/mol. The minimum absolute atomic E-state index is 0.288. The number of ether oxygens (including phenoxy) is 1. The maximum atomic E-state index is 12.4. The van der Waals surface area contributed by atoms with Crippen LogP contribution >= 0.6 is 0 Å². The lowest BCUT2D eigenvalue weighted by molar-refractivity contribution is -0.174. The van der Waals surface area contributed by atoms with Gasteiger partial charge in [-0.1, -0.05) is 13.8 Å². The normalized spacial score (nSPS) is 31.1. The summed E-state index contributed by atoms with van der Waals surface area (Å²) in [6.45, 7) is 11.0. The summed E-state index contributed by atoms with van der Waals surface area (Å²) in [7, 11) is 0. The summed E-state index contributed by atoms with van der Waals surface area (Å²) in [6, 6.07) is 0. The molecule has 1 aliphatic carbocycles. The summed E-state index contributed by atoms with van der Waals surface area (Å²) in [5, 5.41) is 9.24. The molecule has 1 rings (SSSR count). The smallest absolute Gasteiger partial charge is 0.312 e. The van der Waals surface area contributed by atoms with E-state index >= 15 is 0 Å². The second-order valence-electron chi connectivity index (χ2n) is 6.99. The summed E-state index contributed by atoms with van der Waals surface area (Å²) < 4.78 is 5.46. The summed E-state index contributed by atoms with van der Waals surface area (Å²) in [6.07, 6.45) is 1.09. The number of carbonyl (C=O) groups excluding carboxylic acids is 1. The molecule has 0 bridgehead atoms. The van der Waals surface area contributed by atoms with Crippen molar-refractivity contribution in [2.45, 2.75) is 60.0 Å². The molecule has 0 aromatic carbocycles. The van der Waals surface area contributed by atoms with E-state index in [1.807, 2.05) is 41.5 Å². The van der Waals surface area contributed by atoms with Crippen molar-refractivity contribution in [3.8, 4) is 0 Å². The molecule has 0 aromatic rings. The Kier molecular flexibility index (Phi) is 3.54. The van der Waals surface area contributed by atoms with E-state index in [0.29, 0.717) is 12.8 Å². The Morgan fingerprint density at radius 2 is 1.72 bits per heavy atom. The third-order valence-corrected chi connectivity index (χ3v) is 4.37. The number of hydrogen-bond donors (Lipinski definition) is 1. The van der Waals surface area contributed by atoms with Crippen molar-refractivity contribution in [2.75, 3.05) is 0 Å². The van der Waals surface area contributed by atoms with Crippen LogP contribution in [0.25, 0.3) is 0 Å². The van der Waals surface area contributed by atoms with Gasteiger partial charge in [0.15, 0.2) is 0 Å². The van der Waals surface area contributed by atoms with Crippen LogP contribution in [0, 0.1) is 16.7 Å². The van der Waals surface area contributed by atoms with Crippen molar-refractivity contribution >= 4 is 11.9 Å². The lowest BCUT2D eigenvalue weighted by atomic mass is 9.65. The van der Waals surface area contributed by atoms with Crippen molar-refractivity contribution in [1.82, 2.24) is 0 Å². The van der Waals surface area contributed by atoms with Gasteiger partial charge in [0.25, 0.3) is 0 Å². The van der Waals surface area contributed by atoms with Gasteiger partial charge in [-0.15, -0.1) is 0 Å². The highest BCUT2D eigenvalue weighted by molar-refractivity contribution is 5.81. The van der Waals surface area contributed by atoms with Gasteiger partial charge in [0.2, 0.25) is 0 Å². The van der Waals surface area contributed by atoms with Gasteiger partial charge in [0.1, 0.15) is 5.60 Å². The first-order chi connectivity index (χ1) is 7.92. The van der Waals surface area contributed by atoms with E-state index in [9.17, 15) is 14.7 Å². The number of aliphatic carboxylic acids is 1. The molecule has 0 amide bonds. The van der Waals surface area contributed by atoms with Crippen LogP contribution in [0.1, 0.15) is 54.4 Å². The van der Waals surface area contributed by atoms with Crippen LogP contribution in [0.3, 0.4) is 0 Å². The molecule has 0 spiro atoms. The Bertz CT molecular complexity index is 364. The molecule has 18 heavy (non-hydrogen) atoms. The monoisotopic (exact) mass is 256 g/mol. The Balaban J connectivity index is 3.01. The van der Waals surface area contributed by atoms with E-state index < -0.39 is 28.3 Å². The van der Waals surface area contributed by atoms with Crippen LogP contribution in [-0.4, -0.2) is 22.6 Å². The number of hydrogen-bond acceptors (Lipinski definition) is 3. The molecule has 0 unspecified atom stereocenters. The van der Waals surface area contributed by atoms with Crippen LogP contribution in [0.4, 0.5) is 0 Å². The first-order valence-electron chi connectivity index (χ1n) is 6.38. The maximum Gasteiger partial charge on any atom is 0.312 e.